The number of anilines is 1. The summed E-state index contributed by atoms with van der Waals surface area (Å²) in [6.07, 6.45) is 5.66. The van der Waals surface area contributed by atoms with Crippen LogP contribution in [0.2, 0.25) is 0 Å². The van der Waals surface area contributed by atoms with Crippen molar-refractivity contribution in [1.29, 1.82) is 0 Å². The van der Waals surface area contributed by atoms with Gasteiger partial charge in [0, 0.05) is 29.6 Å². The van der Waals surface area contributed by atoms with Gasteiger partial charge >= 0.3 is 10.1 Å². The van der Waals surface area contributed by atoms with Crippen molar-refractivity contribution in [2.75, 3.05) is 12.4 Å². The maximum absolute atomic E-state index is 13.3. The monoisotopic (exact) mass is 530 g/mol. The average Bonchev–Trinajstić information content (AvgIpc) is 3.32. The van der Waals surface area contributed by atoms with E-state index in [0.717, 1.165) is 25.3 Å². The first kappa shape index (κ1) is 26.2. The van der Waals surface area contributed by atoms with Gasteiger partial charge in [-0.2, -0.15) is 8.42 Å². The van der Waals surface area contributed by atoms with Gasteiger partial charge in [-0.3, -0.25) is 19.1 Å². The smallest absolute Gasteiger partial charge is 0.304 e. The second-order valence-electron chi connectivity index (χ2n) is 8.68. The Morgan fingerprint density at radius 1 is 1.19 bits per heavy atom. The number of fused-ring (bicyclic) bond motifs is 1. The van der Waals surface area contributed by atoms with Crippen LogP contribution in [0.5, 0.6) is 11.5 Å². The van der Waals surface area contributed by atoms with Gasteiger partial charge in [0.05, 0.1) is 29.8 Å². The lowest BCUT2D eigenvalue weighted by atomic mass is 9.98. The van der Waals surface area contributed by atoms with Crippen LogP contribution in [0.4, 0.5) is 11.4 Å². The van der Waals surface area contributed by atoms with E-state index in [1.807, 2.05) is 0 Å². The maximum atomic E-state index is 13.3. The molecule has 0 amide bonds. The minimum Gasteiger partial charge on any atom is -0.505 e. The number of allylic oxidation sites excluding steroid dienone is 2. The normalized spacial score (nSPS) is 15.0. The van der Waals surface area contributed by atoms with Crippen LogP contribution in [-0.4, -0.2) is 37.4 Å². The number of phenolic OH excluding ortho intramolecular Hbond substituents is 1. The van der Waals surface area contributed by atoms with Gasteiger partial charge in [0.25, 0.3) is 5.69 Å². The SMILES string of the molecule is COc1c(C(=O)/C=C(/C)Nc2ccc([N+](=O)[O-])cc2)c(O)c(S(=O)(=O)OC2CCCCC2)c2occc12. The minimum atomic E-state index is -4.50. The Labute approximate surface area is 213 Å². The summed E-state index contributed by atoms with van der Waals surface area (Å²) in [6.45, 7) is 1.57. The molecule has 196 valence electrons. The van der Waals surface area contributed by atoms with Crippen LogP contribution < -0.4 is 10.1 Å². The summed E-state index contributed by atoms with van der Waals surface area (Å²) in [5.41, 5.74) is 0.183. The molecule has 0 unspecified atom stereocenters. The molecule has 0 atom stereocenters. The third kappa shape index (κ3) is 5.44. The molecule has 12 heteroatoms. The summed E-state index contributed by atoms with van der Waals surface area (Å²) >= 11 is 0. The molecule has 0 radical (unpaired) electrons. The highest BCUT2D eigenvalue weighted by Crippen LogP contribution is 2.44. The molecule has 37 heavy (non-hydrogen) atoms. The number of carbonyl (C=O) groups is 1. The molecule has 1 aliphatic rings. The van der Waals surface area contributed by atoms with Crippen LogP contribution in [0.1, 0.15) is 49.4 Å². The number of nitro groups is 1. The van der Waals surface area contributed by atoms with Crippen LogP contribution in [0.15, 0.2) is 57.7 Å². The number of aromatic hydroxyl groups is 1. The summed E-state index contributed by atoms with van der Waals surface area (Å²) in [6, 6.07) is 7.01. The summed E-state index contributed by atoms with van der Waals surface area (Å²) in [5, 5.41) is 25.1. The van der Waals surface area contributed by atoms with Gasteiger partial charge in [-0.15, -0.1) is 0 Å². The Morgan fingerprint density at radius 2 is 1.86 bits per heavy atom. The predicted octanol–water partition coefficient (Wildman–Crippen LogP) is 5.29. The molecule has 1 aromatic heterocycles. The van der Waals surface area contributed by atoms with Crippen molar-refractivity contribution in [3.8, 4) is 11.5 Å². The highest BCUT2D eigenvalue weighted by atomic mass is 32.2. The number of nitrogens with zero attached hydrogens (tertiary/aromatic N) is 1. The topological polar surface area (TPSA) is 158 Å². The Kier molecular flexibility index (Phi) is 7.50. The van der Waals surface area contributed by atoms with Crippen molar-refractivity contribution in [2.24, 2.45) is 0 Å². The van der Waals surface area contributed by atoms with E-state index >= 15 is 0 Å². The molecule has 2 aromatic carbocycles. The largest absolute Gasteiger partial charge is 0.505 e. The summed E-state index contributed by atoms with van der Waals surface area (Å²) in [7, 11) is -3.21. The van der Waals surface area contributed by atoms with Crippen LogP contribution in [0.25, 0.3) is 11.0 Å². The molecule has 2 N–H and O–H groups in total. The zero-order chi connectivity index (χ0) is 26.7. The zero-order valence-electron chi connectivity index (χ0n) is 20.2. The standard InChI is InChI=1S/C25H26N2O9S/c1-15(26-16-8-10-17(11-9-16)27(30)31)14-20(28)21-22(29)25(24-19(12-13-35-24)23(21)34-2)37(32,33)36-18-6-4-3-5-7-18/h8-14,18,26,29H,3-7H2,1-2H3/b15-14-. The number of methoxy groups -OCH3 is 1. The number of nitrogens with one attached hydrogen (secondary N) is 1. The van der Waals surface area contributed by atoms with Gasteiger partial charge in [0.15, 0.2) is 22.0 Å². The van der Waals surface area contributed by atoms with Crippen LogP contribution >= 0.6 is 0 Å². The number of hydrogen-bond donors (Lipinski definition) is 2. The fraction of sp³-hybridized carbons (Fsp3) is 0.320. The molecule has 0 aliphatic heterocycles. The molecule has 11 nitrogen and oxygen atoms in total. The lowest BCUT2D eigenvalue weighted by Gasteiger charge is -2.22. The number of furan rings is 1. The fourth-order valence-electron chi connectivity index (χ4n) is 4.39. The van der Waals surface area contributed by atoms with Crippen LogP contribution in [0, 0.1) is 10.1 Å². The first-order valence-electron chi connectivity index (χ1n) is 11.6. The van der Waals surface area contributed by atoms with Gasteiger partial charge < -0.3 is 19.6 Å². The molecule has 1 heterocycles. The number of hydrogen-bond acceptors (Lipinski definition) is 10. The first-order chi connectivity index (χ1) is 17.6. The lowest BCUT2D eigenvalue weighted by molar-refractivity contribution is -0.384. The molecule has 0 saturated heterocycles. The molecule has 0 spiro atoms. The Morgan fingerprint density at radius 3 is 2.49 bits per heavy atom. The molecule has 4 rings (SSSR count). The molecular formula is C25H26N2O9S. The Hall–Kier alpha value is -3.90. The van der Waals surface area contributed by atoms with Crippen molar-refractivity contribution in [3.05, 3.63) is 64.0 Å². The molecule has 0 bridgehead atoms. The third-order valence-corrected chi connectivity index (χ3v) is 7.48. The number of benzene rings is 2. The second-order valence-corrected chi connectivity index (χ2v) is 10.2. The maximum Gasteiger partial charge on any atom is 0.304 e. The van der Waals surface area contributed by atoms with E-state index in [-0.39, 0.29) is 28.0 Å². The first-order valence-corrected chi connectivity index (χ1v) is 13.0. The van der Waals surface area contributed by atoms with Crippen molar-refractivity contribution in [3.63, 3.8) is 0 Å². The Bertz CT molecular complexity index is 1470. The van der Waals surface area contributed by atoms with Gasteiger partial charge in [0.1, 0.15) is 11.3 Å². The van der Waals surface area contributed by atoms with Crippen LogP contribution in [-0.2, 0) is 14.3 Å². The van der Waals surface area contributed by atoms with Gasteiger partial charge in [-0.1, -0.05) is 19.3 Å². The highest BCUT2D eigenvalue weighted by Gasteiger charge is 2.35. The van der Waals surface area contributed by atoms with Gasteiger partial charge in [0.2, 0.25) is 0 Å². The number of carbonyl (C=O) groups excluding carboxylic acids is 1. The fourth-order valence-corrected chi connectivity index (χ4v) is 5.76. The van der Waals surface area contributed by atoms with E-state index in [0.29, 0.717) is 24.2 Å². The highest BCUT2D eigenvalue weighted by molar-refractivity contribution is 7.87. The Balaban J connectivity index is 1.72. The van der Waals surface area contributed by atoms with E-state index in [9.17, 15) is 28.4 Å². The van der Waals surface area contributed by atoms with Gasteiger partial charge in [-0.25, -0.2) is 0 Å². The summed E-state index contributed by atoms with van der Waals surface area (Å²) < 4.78 is 42.8. The molecule has 1 aliphatic carbocycles. The van der Waals surface area contributed by atoms with Crippen LogP contribution in [0.3, 0.4) is 0 Å². The molecule has 1 fully saturated rings. The summed E-state index contributed by atoms with van der Waals surface area (Å²) in [5.74, 6) is -1.62. The van der Waals surface area contributed by atoms with E-state index in [1.54, 1.807) is 6.92 Å². The van der Waals surface area contributed by atoms with Crippen molar-refractivity contribution in [1.82, 2.24) is 0 Å². The average molecular weight is 531 g/mol. The lowest BCUT2D eigenvalue weighted by Crippen LogP contribution is -2.21. The quantitative estimate of drug-likeness (QED) is 0.122. The zero-order valence-corrected chi connectivity index (χ0v) is 21.0. The minimum absolute atomic E-state index is 0.0535. The molecule has 1 saturated carbocycles. The van der Waals surface area contributed by atoms with Crippen molar-refractivity contribution < 1.29 is 36.6 Å². The second kappa shape index (κ2) is 10.6. The number of non-ortho nitro benzene ring substituents is 1. The predicted molar refractivity (Wildman–Crippen MR) is 134 cm³/mol. The number of rotatable bonds is 9. The molecular weight excluding hydrogens is 504 g/mol. The molecule has 3 aromatic rings. The van der Waals surface area contributed by atoms with E-state index in [2.05, 4.69) is 5.32 Å². The van der Waals surface area contributed by atoms with E-state index in [1.165, 1.54) is 43.7 Å². The third-order valence-electron chi connectivity index (χ3n) is 6.08. The van der Waals surface area contributed by atoms with Crippen molar-refractivity contribution >= 4 is 38.2 Å². The summed E-state index contributed by atoms with van der Waals surface area (Å²) in [4.78, 5) is 23.0. The number of ketones is 1. The number of nitro benzene ring substituents is 1. The van der Waals surface area contributed by atoms with Gasteiger partial charge in [-0.05, 0) is 38.0 Å². The number of ether oxygens (including phenoxy) is 1. The number of phenols is 1. The van der Waals surface area contributed by atoms with E-state index in [4.69, 9.17) is 13.3 Å². The van der Waals surface area contributed by atoms with Crippen molar-refractivity contribution in [2.45, 2.75) is 50.0 Å². The van der Waals surface area contributed by atoms with E-state index < -0.39 is 37.6 Å².